The molecular weight excluding hydrogens is 250 g/mol. The number of anilines is 1. The summed E-state index contributed by atoms with van der Waals surface area (Å²) in [6, 6.07) is 8.46. The fraction of sp³-hybridized carbons (Fsp3) is 0.562. The van der Waals surface area contributed by atoms with Crippen LogP contribution in [0, 0.1) is 5.41 Å². The molecule has 1 amide bonds. The Balaban J connectivity index is 2.15. The second-order valence-electron chi connectivity index (χ2n) is 5.72. The number of carbonyl (C=O) groups excluding carboxylic acids is 1. The van der Waals surface area contributed by atoms with E-state index in [-0.39, 0.29) is 11.3 Å². The second kappa shape index (κ2) is 6.27. The number of benzene rings is 1. The summed E-state index contributed by atoms with van der Waals surface area (Å²) in [6.07, 6.45) is 0.905. The lowest BCUT2D eigenvalue weighted by Crippen LogP contribution is -2.39. The number of para-hydroxylation sites is 1. The van der Waals surface area contributed by atoms with Gasteiger partial charge in [0.2, 0.25) is 5.91 Å². The summed E-state index contributed by atoms with van der Waals surface area (Å²) >= 11 is 0. The van der Waals surface area contributed by atoms with Crippen LogP contribution in [0.5, 0.6) is 0 Å². The fourth-order valence-corrected chi connectivity index (χ4v) is 2.88. The molecule has 1 unspecified atom stereocenters. The number of carbonyl (C=O) groups is 1. The summed E-state index contributed by atoms with van der Waals surface area (Å²) in [7, 11) is 1.72. The van der Waals surface area contributed by atoms with E-state index in [4.69, 9.17) is 0 Å². The number of hydrogen-bond donors (Lipinski definition) is 2. The van der Waals surface area contributed by atoms with Gasteiger partial charge < -0.3 is 15.5 Å². The van der Waals surface area contributed by atoms with Crippen molar-refractivity contribution in [1.29, 1.82) is 0 Å². The van der Waals surface area contributed by atoms with Crippen molar-refractivity contribution < 1.29 is 4.79 Å². The van der Waals surface area contributed by atoms with Crippen molar-refractivity contribution in [2.75, 3.05) is 31.6 Å². The Hall–Kier alpha value is -1.55. The minimum Gasteiger partial charge on any atom is -0.370 e. The van der Waals surface area contributed by atoms with E-state index in [0.29, 0.717) is 0 Å². The minimum atomic E-state index is -0.278. The predicted molar refractivity (Wildman–Crippen MR) is 82.8 cm³/mol. The van der Waals surface area contributed by atoms with Crippen molar-refractivity contribution in [1.82, 2.24) is 10.6 Å². The maximum Gasteiger partial charge on any atom is 0.227 e. The van der Waals surface area contributed by atoms with E-state index in [1.165, 1.54) is 11.3 Å². The molecule has 4 heteroatoms. The third kappa shape index (κ3) is 2.96. The molecule has 0 radical (unpaired) electrons. The van der Waals surface area contributed by atoms with Crippen LogP contribution >= 0.6 is 0 Å². The lowest BCUT2D eigenvalue weighted by Gasteiger charge is -2.25. The van der Waals surface area contributed by atoms with Crippen LogP contribution in [-0.4, -0.2) is 32.6 Å². The van der Waals surface area contributed by atoms with Crippen molar-refractivity contribution in [3.63, 3.8) is 0 Å². The number of nitrogens with one attached hydrogen (secondary N) is 2. The fourth-order valence-electron chi connectivity index (χ4n) is 2.88. The molecule has 110 valence electrons. The summed E-state index contributed by atoms with van der Waals surface area (Å²) < 4.78 is 0. The molecule has 1 aliphatic heterocycles. The molecule has 1 saturated heterocycles. The Morgan fingerprint density at radius 3 is 2.85 bits per heavy atom. The van der Waals surface area contributed by atoms with Gasteiger partial charge in [-0.1, -0.05) is 25.1 Å². The lowest BCUT2D eigenvalue weighted by molar-refractivity contribution is -0.128. The maximum absolute atomic E-state index is 12.0. The molecule has 1 heterocycles. The smallest absolute Gasteiger partial charge is 0.227 e. The van der Waals surface area contributed by atoms with Crippen LogP contribution in [0.15, 0.2) is 24.3 Å². The molecule has 20 heavy (non-hydrogen) atoms. The SMILES string of the molecule is CCNCc1ccccc1N1CCC(C)(C(=O)NC)C1. The molecule has 1 aliphatic rings. The summed E-state index contributed by atoms with van der Waals surface area (Å²) in [5.74, 6) is 0.143. The van der Waals surface area contributed by atoms with Crippen LogP contribution in [-0.2, 0) is 11.3 Å². The van der Waals surface area contributed by atoms with Crippen LogP contribution in [0.25, 0.3) is 0 Å². The third-order valence-electron chi connectivity index (χ3n) is 4.15. The molecule has 0 spiro atoms. The summed E-state index contributed by atoms with van der Waals surface area (Å²) in [6.45, 7) is 7.73. The Morgan fingerprint density at radius 2 is 2.15 bits per heavy atom. The van der Waals surface area contributed by atoms with E-state index < -0.39 is 0 Å². The Morgan fingerprint density at radius 1 is 1.40 bits per heavy atom. The molecule has 2 N–H and O–H groups in total. The first-order chi connectivity index (χ1) is 9.60. The lowest BCUT2D eigenvalue weighted by atomic mass is 9.89. The zero-order chi connectivity index (χ0) is 14.6. The van der Waals surface area contributed by atoms with Crippen molar-refractivity contribution in [2.24, 2.45) is 5.41 Å². The van der Waals surface area contributed by atoms with Crippen molar-refractivity contribution in [2.45, 2.75) is 26.8 Å². The highest BCUT2D eigenvalue weighted by Gasteiger charge is 2.40. The van der Waals surface area contributed by atoms with Gasteiger partial charge in [-0.15, -0.1) is 0 Å². The van der Waals surface area contributed by atoms with Gasteiger partial charge in [0, 0.05) is 32.4 Å². The molecule has 2 rings (SSSR count). The van der Waals surface area contributed by atoms with Gasteiger partial charge in [0.1, 0.15) is 0 Å². The number of hydrogen-bond acceptors (Lipinski definition) is 3. The summed E-state index contributed by atoms with van der Waals surface area (Å²) in [4.78, 5) is 14.4. The van der Waals surface area contributed by atoms with Gasteiger partial charge in [-0.2, -0.15) is 0 Å². The summed E-state index contributed by atoms with van der Waals surface area (Å²) in [5, 5.41) is 6.17. The molecule has 1 aromatic rings. The van der Waals surface area contributed by atoms with E-state index in [2.05, 4.69) is 53.6 Å². The highest BCUT2D eigenvalue weighted by molar-refractivity contribution is 5.83. The number of rotatable bonds is 5. The molecule has 0 aliphatic carbocycles. The second-order valence-corrected chi connectivity index (χ2v) is 5.72. The van der Waals surface area contributed by atoms with E-state index in [1.54, 1.807) is 7.05 Å². The van der Waals surface area contributed by atoms with Crippen LogP contribution in [0.4, 0.5) is 5.69 Å². The molecular formula is C16H25N3O. The minimum absolute atomic E-state index is 0.143. The quantitative estimate of drug-likeness (QED) is 0.860. The highest BCUT2D eigenvalue weighted by Crippen LogP contribution is 2.34. The van der Waals surface area contributed by atoms with Gasteiger partial charge >= 0.3 is 0 Å². The van der Waals surface area contributed by atoms with Crippen LogP contribution in [0.3, 0.4) is 0 Å². The average molecular weight is 275 g/mol. The molecule has 0 saturated carbocycles. The average Bonchev–Trinajstić information content (AvgIpc) is 2.88. The highest BCUT2D eigenvalue weighted by atomic mass is 16.2. The van der Waals surface area contributed by atoms with Gasteiger partial charge in [-0.05, 0) is 31.5 Å². The first kappa shape index (κ1) is 14.9. The normalized spacial score (nSPS) is 22.1. The van der Waals surface area contributed by atoms with Crippen molar-refractivity contribution in [3.05, 3.63) is 29.8 Å². The maximum atomic E-state index is 12.0. The van der Waals surface area contributed by atoms with Gasteiger partial charge in [-0.3, -0.25) is 4.79 Å². The van der Waals surface area contributed by atoms with Crippen LogP contribution < -0.4 is 15.5 Å². The van der Waals surface area contributed by atoms with Gasteiger partial charge in [-0.25, -0.2) is 0 Å². The Labute approximate surface area is 121 Å². The molecule has 1 atom stereocenters. The molecule has 4 nitrogen and oxygen atoms in total. The third-order valence-corrected chi connectivity index (χ3v) is 4.15. The number of amides is 1. The van der Waals surface area contributed by atoms with Crippen LogP contribution in [0.1, 0.15) is 25.8 Å². The van der Waals surface area contributed by atoms with Gasteiger partial charge in [0.15, 0.2) is 0 Å². The number of nitrogens with zero attached hydrogens (tertiary/aromatic N) is 1. The van der Waals surface area contributed by atoms with Gasteiger partial charge in [0.05, 0.1) is 5.41 Å². The van der Waals surface area contributed by atoms with E-state index in [0.717, 1.165) is 32.6 Å². The Bertz CT molecular complexity index is 475. The largest absolute Gasteiger partial charge is 0.370 e. The van der Waals surface area contributed by atoms with Gasteiger partial charge in [0.25, 0.3) is 0 Å². The molecule has 1 fully saturated rings. The predicted octanol–water partition coefficient (Wildman–Crippen LogP) is 1.76. The summed E-state index contributed by atoms with van der Waals surface area (Å²) in [5.41, 5.74) is 2.27. The first-order valence-corrected chi connectivity index (χ1v) is 7.36. The van der Waals surface area contributed by atoms with E-state index >= 15 is 0 Å². The van der Waals surface area contributed by atoms with Crippen LogP contribution in [0.2, 0.25) is 0 Å². The van der Waals surface area contributed by atoms with Crippen molar-refractivity contribution in [3.8, 4) is 0 Å². The van der Waals surface area contributed by atoms with E-state index in [9.17, 15) is 4.79 Å². The van der Waals surface area contributed by atoms with Crippen molar-refractivity contribution >= 4 is 11.6 Å². The molecule has 0 aromatic heterocycles. The Kier molecular flexibility index (Phi) is 4.65. The first-order valence-electron chi connectivity index (χ1n) is 7.36. The van der Waals surface area contributed by atoms with E-state index in [1.807, 2.05) is 0 Å². The standard InChI is InChI=1S/C16H25N3O/c1-4-18-11-13-7-5-6-8-14(13)19-10-9-16(2,12-19)15(20)17-3/h5-8,18H,4,9-12H2,1-3H3,(H,17,20). The monoisotopic (exact) mass is 275 g/mol. The zero-order valence-electron chi connectivity index (χ0n) is 12.7. The molecule has 1 aromatic carbocycles. The zero-order valence-corrected chi connectivity index (χ0v) is 12.7. The molecule has 0 bridgehead atoms. The topological polar surface area (TPSA) is 44.4 Å².